The molecular formula is C21H27ClO4. The molecule has 0 saturated heterocycles. The normalized spacial score (nSPS) is 14.5. The van der Waals surface area contributed by atoms with E-state index in [1.165, 1.54) is 0 Å². The molecule has 1 aromatic carbocycles. The van der Waals surface area contributed by atoms with E-state index in [2.05, 4.69) is 0 Å². The van der Waals surface area contributed by atoms with Gasteiger partial charge in [-0.15, -0.1) is 0 Å². The third kappa shape index (κ3) is 5.21. The standard InChI is InChI=1S/C21H27ClO4/c1-6-21(5,11-14(3)24)10-9-13(2)7-8-16-19(25)17(12-23)15(4)18(22)20(16)26/h7,9-10,12,25-26H,6,8,11H2,1-5H3/b10-9+,13-7+/t21-/m1/s1. The Morgan fingerprint density at radius 2 is 1.85 bits per heavy atom. The molecule has 142 valence electrons. The number of aromatic hydroxyl groups is 2. The number of hydrogen-bond acceptors (Lipinski definition) is 4. The average molecular weight is 379 g/mol. The number of aldehydes is 1. The number of halogens is 1. The van der Waals surface area contributed by atoms with E-state index < -0.39 is 0 Å². The quantitative estimate of drug-likeness (QED) is 0.474. The third-order valence-corrected chi connectivity index (χ3v) is 5.19. The maximum absolute atomic E-state index is 11.4. The van der Waals surface area contributed by atoms with Crippen LogP contribution in [-0.4, -0.2) is 22.3 Å². The number of carbonyl (C=O) groups is 2. The highest BCUT2D eigenvalue weighted by molar-refractivity contribution is 6.33. The van der Waals surface area contributed by atoms with E-state index >= 15 is 0 Å². The fourth-order valence-electron chi connectivity index (χ4n) is 2.75. The van der Waals surface area contributed by atoms with Gasteiger partial charge in [0.05, 0.1) is 10.6 Å². The van der Waals surface area contributed by atoms with Gasteiger partial charge in [-0.25, -0.2) is 0 Å². The van der Waals surface area contributed by atoms with Gasteiger partial charge in [-0.2, -0.15) is 0 Å². The van der Waals surface area contributed by atoms with Crippen LogP contribution in [-0.2, 0) is 11.2 Å². The zero-order chi connectivity index (χ0) is 20.1. The summed E-state index contributed by atoms with van der Waals surface area (Å²) in [6.07, 6.45) is 7.85. The van der Waals surface area contributed by atoms with Gasteiger partial charge >= 0.3 is 0 Å². The number of rotatable bonds is 8. The highest BCUT2D eigenvalue weighted by Gasteiger charge is 2.21. The van der Waals surface area contributed by atoms with E-state index in [9.17, 15) is 19.8 Å². The van der Waals surface area contributed by atoms with Gasteiger partial charge in [0.15, 0.2) is 6.29 Å². The Labute approximate surface area is 160 Å². The molecule has 1 rings (SSSR count). The van der Waals surface area contributed by atoms with Gasteiger partial charge in [-0.05, 0) is 44.6 Å². The predicted octanol–water partition coefficient (Wildman–Crippen LogP) is 5.31. The van der Waals surface area contributed by atoms with Crippen molar-refractivity contribution in [3.8, 4) is 11.5 Å². The Bertz CT molecular complexity index is 762. The van der Waals surface area contributed by atoms with Gasteiger partial charge < -0.3 is 10.2 Å². The second-order valence-electron chi connectivity index (χ2n) is 7.02. The molecule has 0 saturated carbocycles. The van der Waals surface area contributed by atoms with Gasteiger partial charge in [-0.3, -0.25) is 9.59 Å². The molecule has 2 N–H and O–H groups in total. The highest BCUT2D eigenvalue weighted by atomic mass is 35.5. The van der Waals surface area contributed by atoms with Crippen LogP contribution < -0.4 is 0 Å². The van der Waals surface area contributed by atoms with Gasteiger partial charge in [0.2, 0.25) is 0 Å². The van der Waals surface area contributed by atoms with Crippen LogP contribution in [0.2, 0.25) is 5.02 Å². The number of carbonyl (C=O) groups excluding carboxylic acids is 2. The molecule has 5 heteroatoms. The van der Waals surface area contributed by atoms with Crippen molar-refractivity contribution in [3.05, 3.63) is 45.5 Å². The Kier molecular flexibility index (Phi) is 7.64. The lowest BCUT2D eigenvalue weighted by molar-refractivity contribution is -0.118. The fourth-order valence-corrected chi connectivity index (χ4v) is 2.97. The van der Waals surface area contributed by atoms with E-state index in [4.69, 9.17) is 11.6 Å². The van der Waals surface area contributed by atoms with Crippen molar-refractivity contribution >= 4 is 23.7 Å². The van der Waals surface area contributed by atoms with Crippen LogP contribution in [0.15, 0.2) is 23.8 Å². The van der Waals surface area contributed by atoms with E-state index in [0.29, 0.717) is 18.3 Å². The molecule has 0 aliphatic carbocycles. The number of ketones is 1. The fraction of sp³-hybridized carbons (Fsp3) is 0.429. The first-order valence-electron chi connectivity index (χ1n) is 8.59. The lowest BCUT2D eigenvalue weighted by Crippen LogP contribution is -2.15. The first kappa shape index (κ1) is 22.0. The molecule has 26 heavy (non-hydrogen) atoms. The van der Waals surface area contributed by atoms with Gasteiger partial charge in [-0.1, -0.05) is 49.2 Å². The van der Waals surface area contributed by atoms with Crippen molar-refractivity contribution < 1.29 is 19.8 Å². The Balaban J connectivity index is 3.11. The van der Waals surface area contributed by atoms with Crippen molar-refractivity contribution in [1.29, 1.82) is 0 Å². The molecule has 0 amide bonds. The number of phenolic OH excluding ortho intramolecular Hbond substituents is 2. The molecule has 0 unspecified atom stereocenters. The number of allylic oxidation sites excluding steroid dienone is 4. The minimum atomic E-state index is -0.248. The summed E-state index contributed by atoms with van der Waals surface area (Å²) in [6.45, 7) is 9.12. The largest absolute Gasteiger partial charge is 0.507 e. The molecule has 1 aromatic rings. The van der Waals surface area contributed by atoms with E-state index in [0.717, 1.165) is 12.0 Å². The first-order valence-corrected chi connectivity index (χ1v) is 8.97. The summed E-state index contributed by atoms with van der Waals surface area (Å²) < 4.78 is 0. The molecule has 1 atom stereocenters. The van der Waals surface area contributed by atoms with Crippen LogP contribution in [0, 0.1) is 12.3 Å². The smallest absolute Gasteiger partial charge is 0.154 e. The Morgan fingerprint density at radius 1 is 1.23 bits per heavy atom. The number of hydrogen-bond donors (Lipinski definition) is 2. The summed E-state index contributed by atoms with van der Waals surface area (Å²) in [7, 11) is 0. The molecule has 0 radical (unpaired) electrons. The van der Waals surface area contributed by atoms with Crippen LogP contribution >= 0.6 is 11.6 Å². The molecule has 0 spiro atoms. The Morgan fingerprint density at radius 3 is 2.35 bits per heavy atom. The zero-order valence-corrected chi connectivity index (χ0v) is 16.8. The summed E-state index contributed by atoms with van der Waals surface area (Å²) in [4.78, 5) is 22.6. The predicted molar refractivity (Wildman–Crippen MR) is 105 cm³/mol. The molecule has 0 aromatic heterocycles. The van der Waals surface area contributed by atoms with Crippen molar-refractivity contribution in [1.82, 2.24) is 0 Å². The molecule has 4 nitrogen and oxygen atoms in total. The summed E-state index contributed by atoms with van der Waals surface area (Å²) in [5.74, 6) is -0.316. The maximum Gasteiger partial charge on any atom is 0.154 e. The molecule has 0 aliphatic rings. The lowest BCUT2D eigenvalue weighted by atomic mass is 9.82. The van der Waals surface area contributed by atoms with Gasteiger partial charge in [0.1, 0.15) is 17.3 Å². The first-order chi connectivity index (χ1) is 12.1. The number of Topliss-reactive ketones (excluding diaryl/α,β-unsaturated/α-hetero) is 1. The summed E-state index contributed by atoms with van der Waals surface area (Å²) in [6, 6.07) is 0. The van der Waals surface area contributed by atoms with E-state index in [1.807, 2.05) is 39.0 Å². The third-order valence-electron chi connectivity index (χ3n) is 4.72. The van der Waals surface area contributed by atoms with Crippen LogP contribution in [0.5, 0.6) is 11.5 Å². The molecule has 0 bridgehead atoms. The summed E-state index contributed by atoms with van der Waals surface area (Å²) in [5, 5.41) is 20.5. The average Bonchev–Trinajstić information content (AvgIpc) is 2.58. The lowest BCUT2D eigenvalue weighted by Gasteiger charge is -2.22. The zero-order valence-electron chi connectivity index (χ0n) is 16.0. The van der Waals surface area contributed by atoms with Crippen molar-refractivity contribution in [2.75, 3.05) is 0 Å². The second-order valence-corrected chi connectivity index (χ2v) is 7.40. The monoisotopic (exact) mass is 378 g/mol. The van der Waals surface area contributed by atoms with Crippen LogP contribution in [0.4, 0.5) is 0 Å². The summed E-state index contributed by atoms with van der Waals surface area (Å²) in [5.41, 5.74) is 1.37. The Hall–Kier alpha value is -2.07. The summed E-state index contributed by atoms with van der Waals surface area (Å²) >= 11 is 6.06. The molecule has 0 aliphatic heterocycles. The SMILES string of the molecule is CC[C@](C)(/C=C/C(C)=C/Cc1c(O)c(Cl)c(C)c(C=O)c1O)CC(C)=O. The minimum Gasteiger partial charge on any atom is -0.507 e. The second kappa shape index (κ2) is 9.04. The van der Waals surface area contributed by atoms with Crippen molar-refractivity contribution in [3.63, 3.8) is 0 Å². The number of phenols is 2. The van der Waals surface area contributed by atoms with Crippen LogP contribution in [0.1, 0.15) is 62.0 Å². The maximum atomic E-state index is 11.4. The number of benzene rings is 1. The van der Waals surface area contributed by atoms with Crippen molar-refractivity contribution in [2.24, 2.45) is 5.41 Å². The highest BCUT2D eigenvalue weighted by Crippen LogP contribution is 2.40. The van der Waals surface area contributed by atoms with Crippen LogP contribution in [0.3, 0.4) is 0 Å². The molecular weight excluding hydrogens is 352 g/mol. The molecule has 0 fully saturated rings. The topological polar surface area (TPSA) is 74.6 Å². The van der Waals surface area contributed by atoms with Gasteiger partial charge in [0, 0.05) is 12.0 Å². The molecule has 0 heterocycles. The van der Waals surface area contributed by atoms with E-state index in [-0.39, 0.29) is 45.3 Å². The van der Waals surface area contributed by atoms with E-state index in [1.54, 1.807) is 13.8 Å². The van der Waals surface area contributed by atoms with Gasteiger partial charge in [0.25, 0.3) is 0 Å². The van der Waals surface area contributed by atoms with Crippen LogP contribution in [0.25, 0.3) is 0 Å². The van der Waals surface area contributed by atoms with Crippen molar-refractivity contribution in [2.45, 2.75) is 53.9 Å². The minimum absolute atomic E-state index is 0.0708.